The first-order valence-electron chi connectivity index (χ1n) is 6.58. The van der Waals surface area contributed by atoms with E-state index in [2.05, 4.69) is 9.97 Å². The molecule has 0 spiro atoms. The Kier molecular flexibility index (Phi) is 6.18. The van der Waals surface area contributed by atoms with Gasteiger partial charge in [0.25, 0.3) is 0 Å². The van der Waals surface area contributed by atoms with Gasteiger partial charge in [-0.25, -0.2) is 9.78 Å². The van der Waals surface area contributed by atoms with Gasteiger partial charge in [0, 0.05) is 0 Å². The number of nitrogens with zero attached hydrogens (tertiary/aromatic N) is 4. The lowest BCUT2D eigenvalue weighted by atomic mass is 10.2. The molecule has 0 amide bonds. The van der Waals surface area contributed by atoms with E-state index in [1.807, 2.05) is 6.07 Å². The van der Waals surface area contributed by atoms with Crippen LogP contribution in [0.1, 0.15) is 25.5 Å². The fraction of sp³-hybridized carbons (Fsp3) is 0.636. The summed E-state index contributed by atoms with van der Waals surface area (Å²) in [6, 6.07) is 1.89. The van der Waals surface area contributed by atoms with Crippen LogP contribution in [0.25, 0.3) is 0 Å². The number of rotatable bonds is 7. The van der Waals surface area contributed by atoms with Gasteiger partial charge in [0.05, 0.1) is 31.8 Å². The zero-order valence-corrected chi connectivity index (χ0v) is 12.6. The Morgan fingerprint density at radius 2 is 2.41 bits per heavy atom. The molecule has 11 heteroatoms. The highest BCUT2D eigenvalue weighted by atomic mass is 31.2. The van der Waals surface area contributed by atoms with Crippen molar-refractivity contribution in [1.82, 2.24) is 14.5 Å². The number of nitrogen functional groups attached to an aromatic ring is 1. The number of nitrogens with two attached hydrogens (primary N) is 1. The molecule has 120 valence electrons. The number of nitriles is 1. The van der Waals surface area contributed by atoms with Crippen LogP contribution in [0.2, 0.25) is 0 Å². The van der Waals surface area contributed by atoms with Crippen LogP contribution in [-0.2, 0) is 13.8 Å². The van der Waals surface area contributed by atoms with E-state index >= 15 is 0 Å². The third kappa shape index (κ3) is 4.69. The molecular weight excluding hydrogens is 313 g/mol. The zero-order chi connectivity index (χ0) is 15.9. The molecule has 2 rings (SSSR count). The fourth-order valence-corrected chi connectivity index (χ4v) is 2.54. The van der Waals surface area contributed by atoms with Gasteiger partial charge in [-0.05, 0) is 12.8 Å². The predicted molar refractivity (Wildman–Crippen MR) is 75.1 cm³/mol. The largest absolute Gasteiger partial charge is 0.368 e. The minimum atomic E-state index is -2.03. The van der Waals surface area contributed by atoms with Gasteiger partial charge in [0.2, 0.25) is 5.95 Å². The molecule has 22 heavy (non-hydrogen) atoms. The monoisotopic (exact) mass is 329 g/mol. The second kappa shape index (κ2) is 8.12. The van der Waals surface area contributed by atoms with E-state index in [1.54, 1.807) is 0 Å². The first kappa shape index (κ1) is 16.7. The maximum absolute atomic E-state index is 11.7. The van der Waals surface area contributed by atoms with Gasteiger partial charge < -0.3 is 24.4 Å². The Morgan fingerprint density at radius 1 is 1.59 bits per heavy atom. The van der Waals surface area contributed by atoms with Crippen LogP contribution in [0, 0.1) is 11.3 Å². The van der Waals surface area contributed by atoms with E-state index in [0.717, 1.165) is 0 Å². The highest BCUT2D eigenvalue weighted by Crippen LogP contribution is 2.35. The summed E-state index contributed by atoms with van der Waals surface area (Å²) in [6.07, 6.45) is 1.98. The topological polar surface area (TPSA) is 146 Å². The number of anilines is 1. The van der Waals surface area contributed by atoms with Gasteiger partial charge in [-0.1, -0.05) is 0 Å². The second-order valence-electron chi connectivity index (χ2n) is 4.47. The smallest absolute Gasteiger partial charge is 0.354 e. The van der Waals surface area contributed by atoms with Gasteiger partial charge >= 0.3 is 14.3 Å². The molecule has 1 aliphatic rings. The Labute approximate surface area is 127 Å². The second-order valence-corrected chi connectivity index (χ2v) is 5.46. The zero-order valence-electron chi connectivity index (χ0n) is 11.7. The van der Waals surface area contributed by atoms with Crippen molar-refractivity contribution < 1.29 is 18.7 Å². The summed E-state index contributed by atoms with van der Waals surface area (Å²) in [7, 11) is -2.03. The van der Waals surface area contributed by atoms with E-state index in [1.165, 1.54) is 10.9 Å². The van der Waals surface area contributed by atoms with Crippen LogP contribution in [0.4, 0.5) is 5.95 Å². The third-order valence-electron chi connectivity index (χ3n) is 2.93. The van der Waals surface area contributed by atoms with Crippen LogP contribution in [0.15, 0.2) is 11.1 Å². The van der Waals surface area contributed by atoms with Crippen molar-refractivity contribution in [3.8, 4) is 6.07 Å². The standard InChI is InChI=1S/C11H16N5O5P/c12-4-1-5-19-22(18)20-6-8-2-3-9(21-8)16-7-14-10(13)15-11(16)17/h7-9,18H,1-3,5-6H2,(H2,13,15,17)/t8-,9+,22?/m0/s1. The summed E-state index contributed by atoms with van der Waals surface area (Å²) in [5, 5.41) is 8.35. The van der Waals surface area contributed by atoms with E-state index in [9.17, 15) is 9.69 Å². The van der Waals surface area contributed by atoms with Gasteiger partial charge in [0.15, 0.2) is 0 Å². The van der Waals surface area contributed by atoms with Crippen molar-refractivity contribution in [3.05, 3.63) is 16.8 Å². The molecule has 3 N–H and O–H groups in total. The van der Waals surface area contributed by atoms with Crippen molar-refractivity contribution in [2.75, 3.05) is 18.9 Å². The van der Waals surface area contributed by atoms with E-state index in [0.29, 0.717) is 12.8 Å². The van der Waals surface area contributed by atoms with Crippen LogP contribution in [-0.4, -0.2) is 38.7 Å². The Bertz CT molecular complexity index is 591. The van der Waals surface area contributed by atoms with Crippen LogP contribution in [0.5, 0.6) is 0 Å². The molecule has 1 aromatic heterocycles. The van der Waals surface area contributed by atoms with Gasteiger partial charge in [-0.2, -0.15) is 10.2 Å². The lowest BCUT2D eigenvalue weighted by Crippen LogP contribution is -2.28. The van der Waals surface area contributed by atoms with Crippen LogP contribution < -0.4 is 11.4 Å². The normalized spacial score (nSPS) is 22.4. The lowest BCUT2D eigenvalue weighted by molar-refractivity contribution is -0.0230. The molecular formula is C11H16N5O5P. The molecule has 2 heterocycles. The molecule has 10 nitrogen and oxygen atoms in total. The Hall–Kier alpha value is -1.63. The average molecular weight is 329 g/mol. The third-order valence-corrected chi connectivity index (χ3v) is 3.70. The van der Waals surface area contributed by atoms with Crippen LogP contribution in [0.3, 0.4) is 0 Å². The highest BCUT2D eigenvalue weighted by molar-refractivity contribution is 7.40. The predicted octanol–water partition coefficient (Wildman–Crippen LogP) is 0.0642. The van der Waals surface area contributed by atoms with Crippen molar-refractivity contribution in [3.63, 3.8) is 0 Å². The summed E-state index contributed by atoms with van der Waals surface area (Å²) < 4.78 is 17.0. The summed E-state index contributed by atoms with van der Waals surface area (Å²) in [6.45, 7) is 0.251. The van der Waals surface area contributed by atoms with E-state index in [-0.39, 0.29) is 31.7 Å². The highest BCUT2D eigenvalue weighted by Gasteiger charge is 2.28. The summed E-state index contributed by atoms with van der Waals surface area (Å²) in [5.41, 5.74) is 4.80. The van der Waals surface area contributed by atoms with Gasteiger partial charge in [0.1, 0.15) is 12.6 Å². The van der Waals surface area contributed by atoms with Crippen molar-refractivity contribution in [2.45, 2.75) is 31.6 Å². The molecule has 3 atom stereocenters. The molecule has 0 radical (unpaired) electrons. The van der Waals surface area contributed by atoms with Crippen LogP contribution >= 0.6 is 8.60 Å². The SMILES string of the molecule is N#CCCOP(O)OC[C@@H]1CC[C@H](n2cnc(N)nc2=O)O1. The van der Waals surface area contributed by atoms with Crippen molar-refractivity contribution in [1.29, 1.82) is 5.26 Å². The maximum Gasteiger partial charge on any atom is 0.354 e. The molecule has 0 saturated carbocycles. The van der Waals surface area contributed by atoms with Gasteiger partial charge in [-0.3, -0.25) is 4.57 Å². The molecule has 1 aliphatic heterocycles. The molecule has 1 aromatic rings. The maximum atomic E-state index is 11.7. The number of ether oxygens (including phenoxy) is 1. The number of hydrogen-bond acceptors (Lipinski definition) is 9. The Balaban J connectivity index is 1.78. The molecule has 1 unspecified atom stereocenters. The number of aromatic nitrogens is 3. The van der Waals surface area contributed by atoms with Gasteiger partial charge in [-0.15, -0.1) is 0 Å². The average Bonchev–Trinajstić information content (AvgIpc) is 2.94. The van der Waals surface area contributed by atoms with Crippen molar-refractivity contribution >= 4 is 14.6 Å². The Morgan fingerprint density at radius 3 is 3.14 bits per heavy atom. The quantitative estimate of drug-likeness (QED) is 0.523. The summed E-state index contributed by atoms with van der Waals surface area (Å²) >= 11 is 0. The minimum Gasteiger partial charge on any atom is -0.368 e. The molecule has 0 aliphatic carbocycles. The molecule has 1 fully saturated rings. The minimum absolute atomic E-state index is 0.0837. The summed E-state index contributed by atoms with van der Waals surface area (Å²) in [5.74, 6) is -0.0837. The first-order valence-corrected chi connectivity index (χ1v) is 7.71. The molecule has 0 aromatic carbocycles. The molecule has 0 bridgehead atoms. The first-order chi connectivity index (χ1) is 10.6. The number of hydrogen-bond donors (Lipinski definition) is 2. The van der Waals surface area contributed by atoms with E-state index in [4.69, 9.17) is 24.8 Å². The molecule has 1 saturated heterocycles. The fourth-order valence-electron chi connectivity index (χ4n) is 1.92. The van der Waals surface area contributed by atoms with Crippen molar-refractivity contribution in [2.24, 2.45) is 0 Å². The lowest BCUT2D eigenvalue weighted by Gasteiger charge is -2.16. The summed E-state index contributed by atoms with van der Waals surface area (Å²) in [4.78, 5) is 28.4. The van der Waals surface area contributed by atoms with E-state index < -0.39 is 20.5 Å².